The standard InChI is InChI=1S/C14H17NO/c1-3-11-5-4-6-12(9-11)14(15)13-8-7-10(2)16-13/h4-9,14H,3,15H2,1-2H3. The average molecular weight is 215 g/mol. The maximum absolute atomic E-state index is 6.16. The van der Waals surface area contributed by atoms with Gasteiger partial charge >= 0.3 is 0 Å². The summed E-state index contributed by atoms with van der Waals surface area (Å²) >= 11 is 0. The summed E-state index contributed by atoms with van der Waals surface area (Å²) < 4.78 is 5.55. The fraction of sp³-hybridized carbons (Fsp3) is 0.286. The second-order valence-corrected chi connectivity index (χ2v) is 4.02. The van der Waals surface area contributed by atoms with Crippen molar-refractivity contribution >= 4 is 0 Å². The zero-order valence-corrected chi connectivity index (χ0v) is 9.73. The van der Waals surface area contributed by atoms with Crippen molar-refractivity contribution in [1.29, 1.82) is 0 Å². The van der Waals surface area contributed by atoms with Crippen LogP contribution < -0.4 is 5.73 Å². The van der Waals surface area contributed by atoms with Gasteiger partial charge < -0.3 is 10.2 Å². The molecule has 0 saturated carbocycles. The van der Waals surface area contributed by atoms with Gasteiger partial charge in [0.1, 0.15) is 11.5 Å². The summed E-state index contributed by atoms with van der Waals surface area (Å²) in [6, 6.07) is 12.1. The molecule has 1 aromatic carbocycles. The van der Waals surface area contributed by atoms with Gasteiger partial charge in [0.2, 0.25) is 0 Å². The SMILES string of the molecule is CCc1cccc(C(N)c2ccc(C)o2)c1. The Bertz CT molecular complexity index is 473. The molecule has 84 valence electrons. The largest absolute Gasteiger partial charge is 0.464 e. The zero-order valence-electron chi connectivity index (χ0n) is 9.73. The Kier molecular flexibility index (Phi) is 3.11. The minimum atomic E-state index is -0.166. The van der Waals surface area contributed by atoms with Crippen molar-refractivity contribution < 1.29 is 4.42 Å². The van der Waals surface area contributed by atoms with E-state index in [2.05, 4.69) is 19.1 Å². The van der Waals surface area contributed by atoms with Gasteiger partial charge in [-0.3, -0.25) is 0 Å². The zero-order chi connectivity index (χ0) is 11.5. The summed E-state index contributed by atoms with van der Waals surface area (Å²) in [6.45, 7) is 4.07. The third kappa shape index (κ3) is 2.17. The Labute approximate surface area is 96.1 Å². The van der Waals surface area contributed by atoms with Gasteiger partial charge in [-0.25, -0.2) is 0 Å². The highest BCUT2D eigenvalue weighted by Crippen LogP contribution is 2.22. The number of hydrogen-bond donors (Lipinski definition) is 1. The Morgan fingerprint density at radius 2 is 2.06 bits per heavy atom. The lowest BCUT2D eigenvalue weighted by molar-refractivity contribution is 0.466. The molecule has 2 rings (SSSR count). The molecule has 0 bridgehead atoms. The van der Waals surface area contributed by atoms with Crippen LogP contribution in [0.3, 0.4) is 0 Å². The van der Waals surface area contributed by atoms with Gasteiger partial charge in [0, 0.05) is 0 Å². The Morgan fingerprint density at radius 1 is 1.25 bits per heavy atom. The molecule has 0 aliphatic heterocycles. The number of rotatable bonds is 3. The Hall–Kier alpha value is -1.54. The highest BCUT2D eigenvalue weighted by atomic mass is 16.3. The van der Waals surface area contributed by atoms with Crippen LogP contribution in [-0.2, 0) is 6.42 Å². The molecule has 0 aliphatic carbocycles. The summed E-state index contributed by atoms with van der Waals surface area (Å²) in [5.41, 5.74) is 8.57. The molecule has 1 unspecified atom stereocenters. The van der Waals surface area contributed by atoms with E-state index in [0.29, 0.717) is 0 Å². The Balaban J connectivity index is 2.29. The van der Waals surface area contributed by atoms with E-state index in [4.69, 9.17) is 10.2 Å². The number of nitrogens with two attached hydrogens (primary N) is 1. The lowest BCUT2D eigenvalue weighted by Gasteiger charge is -2.10. The second kappa shape index (κ2) is 4.54. The number of hydrogen-bond acceptors (Lipinski definition) is 2. The van der Waals surface area contributed by atoms with E-state index in [1.165, 1.54) is 5.56 Å². The van der Waals surface area contributed by atoms with Gasteiger partial charge in [0.25, 0.3) is 0 Å². The predicted octanol–water partition coefficient (Wildman–Crippen LogP) is 3.20. The maximum atomic E-state index is 6.16. The lowest BCUT2D eigenvalue weighted by Crippen LogP contribution is -2.11. The highest BCUT2D eigenvalue weighted by molar-refractivity contribution is 5.30. The quantitative estimate of drug-likeness (QED) is 0.854. The summed E-state index contributed by atoms with van der Waals surface area (Å²) in [5.74, 6) is 1.72. The van der Waals surface area contributed by atoms with Crippen LogP contribution in [0.1, 0.15) is 35.6 Å². The van der Waals surface area contributed by atoms with Crippen molar-refractivity contribution in [3.63, 3.8) is 0 Å². The van der Waals surface area contributed by atoms with E-state index in [1.807, 2.05) is 31.2 Å². The van der Waals surface area contributed by atoms with E-state index >= 15 is 0 Å². The third-order valence-corrected chi connectivity index (χ3v) is 2.79. The third-order valence-electron chi connectivity index (χ3n) is 2.79. The molecule has 0 radical (unpaired) electrons. The molecule has 1 atom stereocenters. The van der Waals surface area contributed by atoms with Gasteiger partial charge in [0.05, 0.1) is 6.04 Å². The molecule has 0 fully saturated rings. The molecular formula is C14H17NO. The van der Waals surface area contributed by atoms with E-state index in [0.717, 1.165) is 23.5 Å². The normalized spacial score (nSPS) is 12.7. The smallest absolute Gasteiger partial charge is 0.125 e. The number of aryl methyl sites for hydroxylation is 2. The average Bonchev–Trinajstić information content (AvgIpc) is 2.75. The van der Waals surface area contributed by atoms with Crippen LogP contribution >= 0.6 is 0 Å². The van der Waals surface area contributed by atoms with E-state index in [-0.39, 0.29) is 6.04 Å². The van der Waals surface area contributed by atoms with Crippen molar-refractivity contribution in [1.82, 2.24) is 0 Å². The van der Waals surface area contributed by atoms with Crippen molar-refractivity contribution in [2.24, 2.45) is 5.73 Å². The molecule has 0 aliphatic rings. The Morgan fingerprint density at radius 3 is 2.69 bits per heavy atom. The van der Waals surface area contributed by atoms with Crippen LogP contribution in [0.25, 0.3) is 0 Å². The molecule has 0 spiro atoms. The molecule has 0 saturated heterocycles. The minimum Gasteiger partial charge on any atom is -0.464 e. The van der Waals surface area contributed by atoms with E-state index < -0.39 is 0 Å². The summed E-state index contributed by atoms with van der Waals surface area (Å²) in [5, 5.41) is 0. The molecule has 0 amide bonds. The monoisotopic (exact) mass is 215 g/mol. The van der Waals surface area contributed by atoms with Crippen molar-refractivity contribution in [2.75, 3.05) is 0 Å². The first kappa shape index (κ1) is 11.0. The van der Waals surface area contributed by atoms with Gasteiger partial charge in [0.15, 0.2) is 0 Å². The minimum absolute atomic E-state index is 0.166. The fourth-order valence-electron chi connectivity index (χ4n) is 1.79. The first-order valence-corrected chi connectivity index (χ1v) is 5.61. The summed E-state index contributed by atoms with van der Waals surface area (Å²) in [7, 11) is 0. The second-order valence-electron chi connectivity index (χ2n) is 4.02. The van der Waals surface area contributed by atoms with Crippen LogP contribution in [0.4, 0.5) is 0 Å². The first-order valence-electron chi connectivity index (χ1n) is 5.61. The van der Waals surface area contributed by atoms with Crippen molar-refractivity contribution in [2.45, 2.75) is 26.3 Å². The van der Waals surface area contributed by atoms with Crippen molar-refractivity contribution in [3.05, 3.63) is 59.0 Å². The number of benzene rings is 1. The lowest BCUT2D eigenvalue weighted by atomic mass is 10.0. The summed E-state index contributed by atoms with van der Waals surface area (Å²) in [4.78, 5) is 0. The van der Waals surface area contributed by atoms with Crippen LogP contribution in [-0.4, -0.2) is 0 Å². The summed E-state index contributed by atoms with van der Waals surface area (Å²) in [6.07, 6.45) is 1.03. The van der Waals surface area contributed by atoms with Crippen LogP contribution in [0, 0.1) is 6.92 Å². The van der Waals surface area contributed by atoms with Crippen LogP contribution in [0.15, 0.2) is 40.8 Å². The molecule has 2 nitrogen and oxygen atoms in total. The molecule has 1 heterocycles. The predicted molar refractivity (Wildman–Crippen MR) is 65.3 cm³/mol. The van der Waals surface area contributed by atoms with Gasteiger partial charge in [-0.05, 0) is 36.6 Å². The van der Waals surface area contributed by atoms with Gasteiger partial charge in [-0.2, -0.15) is 0 Å². The van der Waals surface area contributed by atoms with Gasteiger partial charge in [-0.15, -0.1) is 0 Å². The molecule has 2 heteroatoms. The van der Waals surface area contributed by atoms with Crippen molar-refractivity contribution in [3.8, 4) is 0 Å². The van der Waals surface area contributed by atoms with Gasteiger partial charge in [-0.1, -0.05) is 31.2 Å². The van der Waals surface area contributed by atoms with E-state index in [1.54, 1.807) is 0 Å². The molecule has 16 heavy (non-hydrogen) atoms. The molecular weight excluding hydrogens is 198 g/mol. The first-order chi connectivity index (χ1) is 7.70. The van der Waals surface area contributed by atoms with Crippen LogP contribution in [0.2, 0.25) is 0 Å². The number of furan rings is 1. The fourth-order valence-corrected chi connectivity index (χ4v) is 1.79. The molecule has 2 aromatic rings. The highest BCUT2D eigenvalue weighted by Gasteiger charge is 2.12. The van der Waals surface area contributed by atoms with E-state index in [9.17, 15) is 0 Å². The molecule has 2 N–H and O–H groups in total. The molecule has 1 aromatic heterocycles. The topological polar surface area (TPSA) is 39.2 Å². The maximum Gasteiger partial charge on any atom is 0.125 e. The van der Waals surface area contributed by atoms with Crippen LogP contribution in [0.5, 0.6) is 0 Å².